The summed E-state index contributed by atoms with van der Waals surface area (Å²) < 4.78 is 34.4. The zero-order valence-electron chi connectivity index (χ0n) is 9.47. The lowest BCUT2D eigenvalue weighted by atomic mass is 9.82. The van der Waals surface area contributed by atoms with Crippen molar-refractivity contribution < 1.29 is 12.3 Å². The first-order chi connectivity index (χ1) is 8.06. The van der Waals surface area contributed by atoms with Crippen molar-refractivity contribution in [1.82, 2.24) is 5.32 Å². The van der Waals surface area contributed by atoms with Crippen LogP contribution in [0.4, 0.5) is 3.89 Å². The Morgan fingerprint density at radius 1 is 1.29 bits per heavy atom. The molecule has 1 N–H and O–H groups in total. The second-order valence-electron chi connectivity index (χ2n) is 4.48. The van der Waals surface area contributed by atoms with Crippen LogP contribution in [-0.4, -0.2) is 27.3 Å². The number of hydrogen-bond acceptors (Lipinski definition) is 3. The van der Waals surface area contributed by atoms with E-state index in [9.17, 15) is 12.3 Å². The third-order valence-electron chi connectivity index (χ3n) is 3.25. The number of benzene rings is 1. The van der Waals surface area contributed by atoms with Crippen LogP contribution < -0.4 is 5.32 Å². The van der Waals surface area contributed by atoms with Gasteiger partial charge < -0.3 is 5.32 Å². The summed E-state index contributed by atoms with van der Waals surface area (Å²) in [6.07, 6.45) is 0.851. The molecule has 1 fully saturated rings. The Labute approximate surface area is 101 Å². The Morgan fingerprint density at radius 3 is 2.65 bits per heavy atom. The van der Waals surface area contributed by atoms with E-state index in [4.69, 9.17) is 0 Å². The van der Waals surface area contributed by atoms with E-state index in [0.717, 1.165) is 18.5 Å². The van der Waals surface area contributed by atoms with Crippen LogP contribution in [0.25, 0.3) is 0 Å². The molecular weight excluding hydrogens is 241 g/mol. The highest BCUT2D eigenvalue weighted by atomic mass is 32.3. The van der Waals surface area contributed by atoms with Crippen molar-refractivity contribution in [2.75, 3.05) is 18.8 Å². The first-order valence-corrected chi connectivity index (χ1v) is 7.29. The van der Waals surface area contributed by atoms with E-state index in [1.54, 1.807) is 0 Å². The van der Waals surface area contributed by atoms with E-state index in [0.29, 0.717) is 6.54 Å². The Morgan fingerprint density at radius 2 is 2.00 bits per heavy atom. The maximum atomic E-state index is 12.8. The second kappa shape index (κ2) is 5.14. The Hall–Kier alpha value is -0.940. The topological polar surface area (TPSA) is 46.2 Å². The molecule has 5 heteroatoms. The van der Waals surface area contributed by atoms with Crippen LogP contribution >= 0.6 is 0 Å². The second-order valence-corrected chi connectivity index (χ2v) is 5.89. The lowest BCUT2D eigenvalue weighted by molar-refractivity contribution is 0.347. The first-order valence-electron chi connectivity index (χ1n) is 5.74. The molecule has 2 atom stereocenters. The maximum Gasteiger partial charge on any atom is 0.302 e. The molecule has 2 rings (SSSR count). The maximum absolute atomic E-state index is 12.8. The van der Waals surface area contributed by atoms with Gasteiger partial charge in [0.15, 0.2) is 0 Å². The smallest absolute Gasteiger partial charge is 0.302 e. The zero-order chi connectivity index (χ0) is 12.3. The molecule has 94 valence electrons. The number of hydrogen-bond donors (Lipinski definition) is 1. The van der Waals surface area contributed by atoms with E-state index in [2.05, 4.69) is 5.32 Å². The molecule has 0 amide bonds. The average Bonchev–Trinajstić information content (AvgIpc) is 2.29. The number of halogens is 1. The van der Waals surface area contributed by atoms with Gasteiger partial charge in [-0.05, 0) is 36.9 Å². The molecule has 0 saturated carbocycles. The Balaban J connectivity index is 2.18. The van der Waals surface area contributed by atoms with Crippen LogP contribution in [0, 0.1) is 5.92 Å². The van der Waals surface area contributed by atoms with Crippen molar-refractivity contribution in [3.63, 3.8) is 0 Å². The molecule has 0 spiro atoms. The minimum atomic E-state index is -4.40. The fraction of sp³-hybridized carbons (Fsp3) is 0.500. The lowest BCUT2D eigenvalue weighted by Gasteiger charge is -2.31. The summed E-state index contributed by atoms with van der Waals surface area (Å²) >= 11 is 0. The molecule has 1 aliphatic heterocycles. The molecule has 1 aliphatic rings. The van der Waals surface area contributed by atoms with Gasteiger partial charge in [0.1, 0.15) is 0 Å². The number of nitrogens with one attached hydrogen (secondary N) is 1. The highest BCUT2D eigenvalue weighted by molar-refractivity contribution is 7.86. The molecule has 1 heterocycles. The van der Waals surface area contributed by atoms with Crippen molar-refractivity contribution in [1.29, 1.82) is 0 Å². The summed E-state index contributed by atoms with van der Waals surface area (Å²) in [4.78, 5) is 0. The predicted octanol–water partition coefficient (Wildman–Crippen LogP) is 1.68. The largest absolute Gasteiger partial charge is 0.316 e. The van der Waals surface area contributed by atoms with Crippen LogP contribution in [0.1, 0.15) is 17.9 Å². The van der Waals surface area contributed by atoms with Crippen LogP contribution in [0.5, 0.6) is 0 Å². The van der Waals surface area contributed by atoms with Gasteiger partial charge in [-0.25, -0.2) is 0 Å². The van der Waals surface area contributed by atoms with Gasteiger partial charge in [0.25, 0.3) is 0 Å². The van der Waals surface area contributed by atoms with Crippen molar-refractivity contribution >= 4 is 10.2 Å². The molecule has 0 radical (unpaired) electrons. The predicted molar refractivity (Wildman–Crippen MR) is 65.1 cm³/mol. The number of rotatable bonds is 3. The molecule has 0 bridgehead atoms. The highest BCUT2D eigenvalue weighted by Gasteiger charge is 2.30. The molecule has 3 nitrogen and oxygen atoms in total. The molecule has 1 aromatic carbocycles. The van der Waals surface area contributed by atoms with Crippen molar-refractivity contribution in [2.24, 2.45) is 5.92 Å². The summed E-state index contributed by atoms with van der Waals surface area (Å²) in [6, 6.07) is 9.74. The zero-order valence-corrected chi connectivity index (χ0v) is 10.3. The molecule has 0 aliphatic carbocycles. The molecule has 2 unspecified atom stereocenters. The van der Waals surface area contributed by atoms with Gasteiger partial charge in [0.2, 0.25) is 0 Å². The van der Waals surface area contributed by atoms with E-state index in [-0.39, 0.29) is 17.6 Å². The summed E-state index contributed by atoms with van der Waals surface area (Å²) in [5, 5.41) is 3.13. The minimum Gasteiger partial charge on any atom is -0.316 e. The minimum absolute atomic E-state index is 0.128. The highest BCUT2D eigenvalue weighted by Crippen LogP contribution is 2.31. The first kappa shape index (κ1) is 12.5. The van der Waals surface area contributed by atoms with Crippen molar-refractivity contribution in [3.05, 3.63) is 35.9 Å². The van der Waals surface area contributed by atoms with E-state index >= 15 is 0 Å². The van der Waals surface area contributed by atoms with Crippen molar-refractivity contribution in [2.45, 2.75) is 12.3 Å². The van der Waals surface area contributed by atoms with Crippen LogP contribution in [0.3, 0.4) is 0 Å². The van der Waals surface area contributed by atoms with Crippen LogP contribution in [0.15, 0.2) is 30.3 Å². The summed E-state index contributed by atoms with van der Waals surface area (Å²) in [7, 11) is -4.40. The summed E-state index contributed by atoms with van der Waals surface area (Å²) in [5.41, 5.74) is 1.10. The standard InChI is InChI=1S/C12H16FNO2S/c13-17(15,16)9-11-8-14-7-6-12(11)10-4-2-1-3-5-10/h1-5,11-12,14H,6-9H2. The third kappa shape index (κ3) is 3.51. The van der Waals surface area contributed by atoms with Gasteiger partial charge in [-0.1, -0.05) is 30.3 Å². The fourth-order valence-corrected chi connectivity index (χ4v) is 3.35. The van der Waals surface area contributed by atoms with Gasteiger partial charge in [0, 0.05) is 0 Å². The van der Waals surface area contributed by atoms with Gasteiger partial charge in [-0.15, -0.1) is 3.89 Å². The molecule has 1 aromatic rings. The SMILES string of the molecule is O=S(=O)(F)CC1CNCCC1c1ccccc1. The number of piperidine rings is 1. The van der Waals surface area contributed by atoms with Gasteiger partial charge >= 0.3 is 10.2 Å². The Kier molecular flexibility index (Phi) is 3.79. The van der Waals surface area contributed by atoms with Crippen LogP contribution in [-0.2, 0) is 10.2 Å². The molecule has 0 aromatic heterocycles. The summed E-state index contributed by atoms with van der Waals surface area (Å²) in [6.45, 7) is 1.41. The third-order valence-corrected chi connectivity index (χ3v) is 4.07. The van der Waals surface area contributed by atoms with E-state index in [1.807, 2.05) is 30.3 Å². The van der Waals surface area contributed by atoms with E-state index < -0.39 is 10.2 Å². The molecular formula is C12H16FNO2S. The lowest BCUT2D eigenvalue weighted by Crippen LogP contribution is -2.38. The average molecular weight is 257 g/mol. The van der Waals surface area contributed by atoms with E-state index in [1.165, 1.54) is 0 Å². The normalized spacial score (nSPS) is 25.7. The Bertz CT molecular complexity index is 461. The summed E-state index contributed by atoms with van der Waals surface area (Å²) in [5.74, 6) is -0.441. The van der Waals surface area contributed by atoms with Gasteiger partial charge in [-0.3, -0.25) is 0 Å². The fourth-order valence-electron chi connectivity index (χ4n) is 2.49. The van der Waals surface area contributed by atoms with Gasteiger partial charge in [-0.2, -0.15) is 8.42 Å². The van der Waals surface area contributed by atoms with Crippen molar-refractivity contribution in [3.8, 4) is 0 Å². The molecule has 1 saturated heterocycles. The quantitative estimate of drug-likeness (QED) is 0.838. The van der Waals surface area contributed by atoms with Gasteiger partial charge in [0.05, 0.1) is 5.75 Å². The van der Waals surface area contributed by atoms with Crippen LogP contribution in [0.2, 0.25) is 0 Å². The monoisotopic (exact) mass is 257 g/mol. The molecule has 17 heavy (non-hydrogen) atoms.